The van der Waals surface area contributed by atoms with Crippen LogP contribution in [-0.2, 0) is 4.79 Å². The molecular formula is C29H21N3O4. The quantitative estimate of drug-likeness (QED) is 0.203. The summed E-state index contributed by atoms with van der Waals surface area (Å²) in [6.45, 7) is 0. The summed E-state index contributed by atoms with van der Waals surface area (Å²) >= 11 is 0. The van der Waals surface area contributed by atoms with E-state index in [9.17, 15) is 19.7 Å². The molecule has 4 aromatic rings. The maximum Gasteiger partial charge on any atom is 0.276 e. The van der Waals surface area contributed by atoms with Crippen molar-refractivity contribution >= 4 is 28.8 Å². The van der Waals surface area contributed by atoms with Crippen LogP contribution in [0.2, 0.25) is 0 Å². The molecule has 0 saturated heterocycles. The van der Waals surface area contributed by atoms with Crippen LogP contribution in [0.4, 0.5) is 17.1 Å². The molecule has 7 nitrogen and oxygen atoms in total. The summed E-state index contributed by atoms with van der Waals surface area (Å²) in [4.78, 5) is 40.2. The number of para-hydroxylation sites is 2. The number of nitro groups is 1. The van der Waals surface area contributed by atoms with Crippen molar-refractivity contribution in [3.8, 4) is 0 Å². The van der Waals surface area contributed by atoms with E-state index in [2.05, 4.69) is 5.32 Å². The summed E-state index contributed by atoms with van der Waals surface area (Å²) in [5.41, 5.74) is 2.66. The Kier molecular flexibility index (Phi) is 6.11. The third-order valence-electron chi connectivity index (χ3n) is 6.01. The number of ketones is 1. The Morgan fingerprint density at radius 1 is 0.778 bits per heavy atom. The number of nitrogens with one attached hydrogen (secondary N) is 1. The van der Waals surface area contributed by atoms with E-state index in [4.69, 9.17) is 0 Å². The van der Waals surface area contributed by atoms with Gasteiger partial charge in [0.05, 0.1) is 16.5 Å². The minimum atomic E-state index is -0.792. The highest BCUT2D eigenvalue weighted by Gasteiger charge is 2.44. The number of non-ortho nitro benzene ring substituents is 1. The second-order valence-electron chi connectivity index (χ2n) is 8.24. The molecule has 176 valence electrons. The first-order valence-corrected chi connectivity index (χ1v) is 11.3. The molecule has 0 aliphatic carbocycles. The van der Waals surface area contributed by atoms with Gasteiger partial charge in [-0.15, -0.1) is 0 Å². The molecule has 5 rings (SSSR count). The molecule has 1 heterocycles. The third kappa shape index (κ3) is 4.25. The van der Waals surface area contributed by atoms with E-state index in [1.165, 1.54) is 12.1 Å². The summed E-state index contributed by atoms with van der Waals surface area (Å²) in [5.74, 6) is -0.670. The van der Waals surface area contributed by atoms with E-state index in [-0.39, 0.29) is 28.6 Å². The van der Waals surface area contributed by atoms with E-state index in [1.54, 1.807) is 53.4 Å². The third-order valence-corrected chi connectivity index (χ3v) is 6.01. The van der Waals surface area contributed by atoms with E-state index in [1.807, 2.05) is 54.6 Å². The molecule has 0 saturated carbocycles. The van der Waals surface area contributed by atoms with Gasteiger partial charge in [-0.1, -0.05) is 66.7 Å². The Morgan fingerprint density at radius 2 is 1.33 bits per heavy atom. The Morgan fingerprint density at radius 3 is 1.92 bits per heavy atom. The predicted octanol–water partition coefficient (Wildman–Crippen LogP) is 5.93. The van der Waals surface area contributed by atoms with Crippen LogP contribution < -0.4 is 10.2 Å². The smallest absolute Gasteiger partial charge is 0.276 e. The number of anilines is 2. The largest absolute Gasteiger partial charge is 0.351 e. The first kappa shape index (κ1) is 22.7. The van der Waals surface area contributed by atoms with Gasteiger partial charge < -0.3 is 5.32 Å². The van der Waals surface area contributed by atoms with Crippen molar-refractivity contribution in [1.82, 2.24) is 0 Å². The molecule has 1 unspecified atom stereocenters. The fourth-order valence-electron chi connectivity index (χ4n) is 4.34. The normalized spacial score (nSPS) is 15.2. The molecule has 36 heavy (non-hydrogen) atoms. The monoisotopic (exact) mass is 475 g/mol. The van der Waals surface area contributed by atoms with Gasteiger partial charge in [0, 0.05) is 29.1 Å². The number of carbonyl (C=O) groups is 2. The summed E-state index contributed by atoms with van der Waals surface area (Å²) in [6.07, 6.45) is 0. The fraction of sp³-hybridized carbons (Fsp3) is 0.0345. The molecule has 0 aromatic heterocycles. The van der Waals surface area contributed by atoms with Crippen molar-refractivity contribution in [1.29, 1.82) is 0 Å². The molecule has 1 amide bonds. The van der Waals surface area contributed by atoms with E-state index >= 15 is 0 Å². The molecule has 1 aliphatic rings. The molecule has 0 radical (unpaired) electrons. The van der Waals surface area contributed by atoms with Crippen LogP contribution in [0.25, 0.3) is 0 Å². The number of Topliss-reactive ketones (excluding diaryl/α,β-unsaturated/α-hetero) is 1. The molecular weight excluding hydrogens is 454 g/mol. The van der Waals surface area contributed by atoms with Crippen molar-refractivity contribution < 1.29 is 14.5 Å². The zero-order chi connectivity index (χ0) is 25.1. The van der Waals surface area contributed by atoms with Crippen LogP contribution in [0.5, 0.6) is 0 Å². The lowest BCUT2D eigenvalue weighted by atomic mass is 9.92. The Bertz CT molecular complexity index is 1450. The lowest BCUT2D eigenvalue weighted by molar-refractivity contribution is -0.384. The number of nitro benzene ring substituents is 1. The van der Waals surface area contributed by atoms with Crippen LogP contribution in [0, 0.1) is 10.1 Å². The lowest BCUT2D eigenvalue weighted by Crippen LogP contribution is -2.31. The molecule has 7 heteroatoms. The van der Waals surface area contributed by atoms with Crippen LogP contribution in [0.3, 0.4) is 0 Å². The number of amides is 1. The van der Waals surface area contributed by atoms with Crippen molar-refractivity contribution in [2.75, 3.05) is 10.2 Å². The Balaban J connectivity index is 1.72. The van der Waals surface area contributed by atoms with Gasteiger partial charge in [-0.05, 0) is 42.0 Å². The SMILES string of the molecule is O=C(C1=C(Nc2ccccc2)C(=O)N(c2ccccc2)C1c1ccc([N+](=O)[O-])cc1)c1ccccc1. The van der Waals surface area contributed by atoms with Gasteiger partial charge in [-0.3, -0.25) is 24.6 Å². The number of nitrogens with zero attached hydrogens (tertiary/aromatic N) is 2. The number of hydrogen-bond donors (Lipinski definition) is 1. The summed E-state index contributed by atoms with van der Waals surface area (Å²) in [5, 5.41) is 14.4. The van der Waals surface area contributed by atoms with Gasteiger partial charge in [-0.2, -0.15) is 0 Å². The average Bonchev–Trinajstić information content (AvgIpc) is 3.21. The van der Waals surface area contributed by atoms with Crippen molar-refractivity contribution in [2.24, 2.45) is 0 Å². The molecule has 0 bridgehead atoms. The van der Waals surface area contributed by atoms with Crippen molar-refractivity contribution in [3.63, 3.8) is 0 Å². The minimum Gasteiger partial charge on any atom is -0.351 e. The van der Waals surface area contributed by atoms with E-state index < -0.39 is 11.0 Å². The van der Waals surface area contributed by atoms with Gasteiger partial charge in [0.25, 0.3) is 11.6 Å². The van der Waals surface area contributed by atoms with Gasteiger partial charge in [0.1, 0.15) is 5.70 Å². The molecule has 0 fully saturated rings. The van der Waals surface area contributed by atoms with Gasteiger partial charge in [-0.25, -0.2) is 0 Å². The van der Waals surface area contributed by atoms with Crippen molar-refractivity contribution in [3.05, 3.63) is 148 Å². The second-order valence-corrected chi connectivity index (χ2v) is 8.24. The van der Waals surface area contributed by atoms with Crippen LogP contribution in [0.15, 0.2) is 127 Å². The van der Waals surface area contributed by atoms with Crippen molar-refractivity contribution in [2.45, 2.75) is 6.04 Å². The van der Waals surface area contributed by atoms with Gasteiger partial charge in [0.2, 0.25) is 0 Å². The minimum absolute atomic E-state index is 0.0723. The Labute approximate surface area is 207 Å². The molecule has 0 spiro atoms. The van der Waals surface area contributed by atoms with Gasteiger partial charge >= 0.3 is 0 Å². The van der Waals surface area contributed by atoms with Gasteiger partial charge in [0.15, 0.2) is 5.78 Å². The van der Waals surface area contributed by atoms with E-state index in [0.29, 0.717) is 22.5 Å². The molecule has 1 N–H and O–H groups in total. The summed E-state index contributed by atoms with van der Waals surface area (Å²) in [7, 11) is 0. The number of rotatable bonds is 7. The lowest BCUT2D eigenvalue weighted by Gasteiger charge is -2.27. The van der Waals surface area contributed by atoms with Crippen LogP contribution >= 0.6 is 0 Å². The average molecular weight is 476 g/mol. The zero-order valence-electron chi connectivity index (χ0n) is 19.1. The zero-order valence-corrected chi connectivity index (χ0v) is 19.1. The predicted molar refractivity (Wildman–Crippen MR) is 138 cm³/mol. The second kappa shape index (κ2) is 9.68. The molecule has 1 aliphatic heterocycles. The number of benzene rings is 4. The number of carbonyl (C=O) groups excluding carboxylic acids is 2. The highest BCUT2D eigenvalue weighted by atomic mass is 16.6. The molecule has 1 atom stereocenters. The summed E-state index contributed by atoms with van der Waals surface area (Å²) < 4.78 is 0. The molecule has 4 aromatic carbocycles. The van der Waals surface area contributed by atoms with Crippen LogP contribution in [-0.4, -0.2) is 16.6 Å². The highest BCUT2D eigenvalue weighted by Crippen LogP contribution is 2.43. The maximum absolute atomic E-state index is 14.0. The standard InChI is InChI=1S/C29H21N3O4/c33-28(21-10-4-1-5-11-21)25-26(30-22-12-6-2-7-13-22)29(34)31(23-14-8-3-9-15-23)27(25)20-16-18-24(19-17-20)32(35)36/h1-19,27,30H. The Hall–Kier alpha value is -5.04. The van der Waals surface area contributed by atoms with E-state index in [0.717, 1.165) is 0 Å². The fourth-order valence-corrected chi connectivity index (χ4v) is 4.34. The maximum atomic E-state index is 14.0. The first-order valence-electron chi connectivity index (χ1n) is 11.3. The number of hydrogen-bond acceptors (Lipinski definition) is 5. The topological polar surface area (TPSA) is 92.6 Å². The first-order chi connectivity index (χ1) is 17.5. The summed E-state index contributed by atoms with van der Waals surface area (Å²) in [6, 6.07) is 32.2. The highest BCUT2D eigenvalue weighted by molar-refractivity contribution is 6.23. The van der Waals surface area contributed by atoms with Crippen LogP contribution in [0.1, 0.15) is 22.0 Å².